The number of carbonyl (C=O) groups is 2. The SMILES string of the molecule is O=C(O)CN(C(=O)c1ccc(Cl)cc1O)C1CCCC1. The monoisotopic (exact) mass is 297 g/mol. The van der Waals surface area contributed by atoms with Gasteiger partial charge in [0, 0.05) is 11.1 Å². The van der Waals surface area contributed by atoms with Crippen molar-refractivity contribution in [3.63, 3.8) is 0 Å². The van der Waals surface area contributed by atoms with E-state index in [-0.39, 0.29) is 23.9 Å². The van der Waals surface area contributed by atoms with Crippen molar-refractivity contribution in [1.82, 2.24) is 4.90 Å². The van der Waals surface area contributed by atoms with Crippen molar-refractivity contribution < 1.29 is 19.8 Å². The number of carboxylic acids is 1. The summed E-state index contributed by atoms with van der Waals surface area (Å²) in [6.45, 7) is -0.356. The predicted molar refractivity (Wildman–Crippen MR) is 74.0 cm³/mol. The van der Waals surface area contributed by atoms with Crippen LogP contribution in [0, 0.1) is 0 Å². The molecule has 0 unspecified atom stereocenters. The first kappa shape index (κ1) is 14.7. The summed E-state index contributed by atoms with van der Waals surface area (Å²) in [5.41, 5.74) is 0.0857. The van der Waals surface area contributed by atoms with Crippen LogP contribution in [-0.2, 0) is 4.79 Å². The zero-order chi connectivity index (χ0) is 14.7. The van der Waals surface area contributed by atoms with Gasteiger partial charge in [-0.1, -0.05) is 24.4 Å². The summed E-state index contributed by atoms with van der Waals surface area (Å²) in [5.74, 6) is -1.75. The van der Waals surface area contributed by atoms with Gasteiger partial charge in [-0.05, 0) is 31.0 Å². The van der Waals surface area contributed by atoms with E-state index in [2.05, 4.69) is 0 Å². The molecule has 1 fully saturated rings. The zero-order valence-electron chi connectivity index (χ0n) is 10.9. The van der Waals surface area contributed by atoms with Crippen molar-refractivity contribution in [2.45, 2.75) is 31.7 Å². The lowest BCUT2D eigenvalue weighted by atomic mass is 10.1. The molecule has 1 saturated carbocycles. The number of phenolic OH excluding ortho intramolecular Hbond substituents is 1. The van der Waals surface area contributed by atoms with Gasteiger partial charge in [0.15, 0.2) is 0 Å². The van der Waals surface area contributed by atoms with Gasteiger partial charge in [0.1, 0.15) is 12.3 Å². The third-order valence-electron chi connectivity index (χ3n) is 3.52. The van der Waals surface area contributed by atoms with Crippen LogP contribution in [-0.4, -0.2) is 39.6 Å². The number of rotatable bonds is 4. The molecular formula is C14H16ClNO4. The highest BCUT2D eigenvalue weighted by Gasteiger charge is 2.30. The van der Waals surface area contributed by atoms with Crippen LogP contribution in [0.3, 0.4) is 0 Å². The van der Waals surface area contributed by atoms with E-state index in [1.54, 1.807) is 0 Å². The Hall–Kier alpha value is -1.75. The van der Waals surface area contributed by atoms with Gasteiger partial charge >= 0.3 is 5.97 Å². The molecule has 20 heavy (non-hydrogen) atoms. The molecule has 1 aliphatic carbocycles. The Kier molecular flexibility index (Phi) is 4.49. The molecule has 0 radical (unpaired) electrons. The average Bonchev–Trinajstić information content (AvgIpc) is 2.88. The average molecular weight is 298 g/mol. The molecule has 0 spiro atoms. The minimum atomic E-state index is -1.06. The predicted octanol–water partition coefficient (Wildman–Crippen LogP) is 2.52. The molecule has 1 aliphatic rings. The van der Waals surface area contributed by atoms with Gasteiger partial charge < -0.3 is 15.1 Å². The fourth-order valence-electron chi connectivity index (χ4n) is 2.57. The van der Waals surface area contributed by atoms with Crippen molar-refractivity contribution in [2.24, 2.45) is 0 Å². The number of benzene rings is 1. The van der Waals surface area contributed by atoms with Crippen molar-refractivity contribution in [3.05, 3.63) is 28.8 Å². The largest absolute Gasteiger partial charge is 0.507 e. The van der Waals surface area contributed by atoms with Crippen LogP contribution in [0.15, 0.2) is 18.2 Å². The van der Waals surface area contributed by atoms with Crippen molar-refractivity contribution >= 4 is 23.5 Å². The molecule has 5 nitrogen and oxygen atoms in total. The molecule has 6 heteroatoms. The van der Waals surface area contributed by atoms with Gasteiger partial charge in [-0.15, -0.1) is 0 Å². The maximum Gasteiger partial charge on any atom is 0.323 e. The molecule has 0 atom stereocenters. The van der Waals surface area contributed by atoms with Crippen molar-refractivity contribution in [1.29, 1.82) is 0 Å². The summed E-state index contributed by atoms with van der Waals surface area (Å²) in [6.07, 6.45) is 3.57. The van der Waals surface area contributed by atoms with Gasteiger partial charge in [-0.25, -0.2) is 0 Å². The van der Waals surface area contributed by atoms with E-state index in [0.717, 1.165) is 25.7 Å². The Morgan fingerprint density at radius 3 is 2.50 bits per heavy atom. The molecule has 0 bridgehead atoms. The van der Waals surface area contributed by atoms with E-state index in [0.29, 0.717) is 5.02 Å². The van der Waals surface area contributed by atoms with E-state index >= 15 is 0 Å². The van der Waals surface area contributed by atoms with Gasteiger partial charge in [0.25, 0.3) is 5.91 Å². The van der Waals surface area contributed by atoms with Crippen molar-refractivity contribution in [2.75, 3.05) is 6.54 Å². The number of nitrogens with zero attached hydrogens (tertiary/aromatic N) is 1. The molecule has 1 amide bonds. The molecule has 2 N–H and O–H groups in total. The number of carbonyl (C=O) groups excluding carboxylic acids is 1. The first-order valence-corrected chi connectivity index (χ1v) is 6.88. The first-order valence-electron chi connectivity index (χ1n) is 6.50. The summed E-state index contributed by atoms with van der Waals surface area (Å²) in [5, 5.41) is 19.1. The maximum absolute atomic E-state index is 12.5. The van der Waals surface area contributed by atoms with Crippen molar-refractivity contribution in [3.8, 4) is 5.75 Å². The summed E-state index contributed by atoms with van der Waals surface area (Å²) >= 11 is 5.73. The smallest absolute Gasteiger partial charge is 0.323 e. The second-order valence-electron chi connectivity index (χ2n) is 4.93. The number of halogens is 1. The second-order valence-corrected chi connectivity index (χ2v) is 5.36. The van der Waals surface area contributed by atoms with Crippen LogP contribution in [0.4, 0.5) is 0 Å². The fraction of sp³-hybridized carbons (Fsp3) is 0.429. The zero-order valence-corrected chi connectivity index (χ0v) is 11.6. The Balaban J connectivity index is 2.27. The maximum atomic E-state index is 12.5. The highest BCUT2D eigenvalue weighted by molar-refractivity contribution is 6.30. The van der Waals surface area contributed by atoms with Gasteiger partial charge in [-0.3, -0.25) is 9.59 Å². The molecule has 0 aliphatic heterocycles. The van der Waals surface area contributed by atoms with E-state index in [9.17, 15) is 14.7 Å². The molecule has 108 valence electrons. The topological polar surface area (TPSA) is 77.8 Å². The lowest BCUT2D eigenvalue weighted by molar-refractivity contribution is -0.138. The lowest BCUT2D eigenvalue weighted by Crippen LogP contribution is -2.42. The molecule has 2 rings (SSSR count). The lowest BCUT2D eigenvalue weighted by Gasteiger charge is -2.27. The Bertz CT molecular complexity index is 526. The van der Waals surface area contributed by atoms with Crippen LogP contribution < -0.4 is 0 Å². The number of aliphatic carboxylic acids is 1. The van der Waals surface area contributed by atoms with Crippen LogP contribution in [0.25, 0.3) is 0 Å². The Morgan fingerprint density at radius 1 is 1.30 bits per heavy atom. The number of amides is 1. The van der Waals surface area contributed by atoms with Crippen LogP contribution >= 0.6 is 11.6 Å². The number of aromatic hydroxyl groups is 1. The molecule has 0 aromatic heterocycles. The molecule has 0 heterocycles. The Labute approximate surface area is 121 Å². The van der Waals surface area contributed by atoms with Crippen LogP contribution in [0.5, 0.6) is 5.75 Å². The van der Waals surface area contributed by atoms with Gasteiger partial charge in [0.2, 0.25) is 0 Å². The number of carboxylic acid groups (broad SMARTS) is 1. The van der Waals surface area contributed by atoms with Gasteiger partial charge in [-0.2, -0.15) is 0 Å². The molecule has 1 aromatic carbocycles. The minimum Gasteiger partial charge on any atom is -0.507 e. The number of phenols is 1. The fourth-order valence-corrected chi connectivity index (χ4v) is 2.74. The number of hydrogen-bond donors (Lipinski definition) is 2. The van der Waals surface area contributed by atoms with Crippen LogP contribution in [0.2, 0.25) is 5.02 Å². The first-order chi connectivity index (χ1) is 9.49. The third kappa shape index (κ3) is 3.22. The third-order valence-corrected chi connectivity index (χ3v) is 3.76. The standard InChI is InChI=1S/C14H16ClNO4/c15-9-5-6-11(12(17)7-9)14(20)16(8-13(18)19)10-3-1-2-4-10/h5-7,10,17H,1-4,8H2,(H,18,19). The second kappa shape index (κ2) is 6.13. The van der Waals surface area contributed by atoms with E-state index < -0.39 is 11.9 Å². The van der Waals surface area contributed by atoms with E-state index in [1.807, 2.05) is 0 Å². The summed E-state index contributed by atoms with van der Waals surface area (Å²) < 4.78 is 0. The molecular weight excluding hydrogens is 282 g/mol. The summed E-state index contributed by atoms with van der Waals surface area (Å²) in [7, 11) is 0. The highest BCUT2D eigenvalue weighted by atomic mass is 35.5. The highest BCUT2D eigenvalue weighted by Crippen LogP contribution is 2.28. The van der Waals surface area contributed by atoms with E-state index in [4.69, 9.17) is 16.7 Å². The van der Waals surface area contributed by atoms with Crippen LogP contribution in [0.1, 0.15) is 36.0 Å². The summed E-state index contributed by atoms with van der Waals surface area (Å²) in [4.78, 5) is 24.8. The quantitative estimate of drug-likeness (QED) is 0.895. The number of hydrogen-bond acceptors (Lipinski definition) is 3. The molecule has 1 aromatic rings. The van der Waals surface area contributed by atoms with E-state index in [1.165, 1.54) is 23.1 Å². The van der Waals surface area contributed by atoms with Gasteiger partial charge in [0.05, 0.1) is 5.56 Å². The minimum absolute atomic E-state index is 0.0753. The molecule has 0 saturated heterocycles. The normalized spacial score (nSPS) is 15.2. The Morgan fingerprint density at radius 2 is 1.95 bits per heavy atom. The summed E-state index contributed by atoms with van der Waals surface area (Å²) in [6, 6.07) is 4.13.